The Morgan fingerprint density at radius 2 is 1.86 bits per heavy atom. The van der Waals surface area contributed by atoms with E-state index in [1.807, 2.05) is 53.2 Å². The molecule has 3 rings (SSSR count). The monoisotopic (exact) mass is 412 g/mol. The molecule has 2 aromatic heterocycles. The van der Waals surface area contributed by atoms with Crippen LogP contribution in [0.1, 0.15) is 24.2 Å². The van der Waals surface area contributed by atoms with Gasteiger partial charge in [0, 0.05) is 6.20 Å². The van der Waals surface area contributed by atoms with Crippen molar-refractivity contribution in [1.29, 1.82) is 0 Å². The number of hydrogen-bond acceptors (Lipinski definition) is 6. The number of para-hydroxylation sites is 1. The van der Waals surface area contributed by atoms with Crippen LogP contribution in [0.4, 0.5) is 4.79 Å². The van der Waals surface area contributed by atoms with E-state index >= 15 is 0 Å². The van der Waals surface area contributed by atoms with E-state index in [1.165, 1.54) is 11.3 Å². The summed E-state index contributed by atoms with van der Waals surface area (Å²) < 4.78 is 7.02. The lowest BCUT2D eigenvalue weighted by Crippen LogP contribution is -2.45. The highest BCUT2D eigenvalue weighted by molar-refractivity contribution is 7.13. The summed E-state index contributed by atoms with van der Waals surface area (Å²) in [6, 6.07) is 12.0. The number of amides is 3. The van der Waals surface area contributed by atoms with Crippen molar-refractivity contribution in [2.45, 2.75) is 20.0 Å². The molecule has 0 saturated carbocycles. The molecule has 29 heavy (non-hydrogen) atoms. The minimum atomic E-state index is -1.17. The number of esters is 1. The molecule has 0 aliphatic carbocycles. The van der Waals surface area contributed by atoms with Gasteiger partial charge in [-0.3, -0.25) is 10.1 Å². The molecule has 1 aromatic carbocycles. The van der Waals surface area contributed by atoms with E-state index in [0.717, 1.165) is 10.6 Å². The number of primary amides is 1. The summed E-state index contributed by atoms with van der Waals surface area (Å²) in [6.45, 7) is 3.40. The first-order chi connectivity index (χ1) is 13.9. The van der Waals surface area contributed by atoms with Crippen molar-refractivity contribution >= 4 is 29.2 Å². The Hall–Kier alpha value is -3.46. The van der Waals surface area contributed by atoms with Crippen LogP contribution in [0.25, 0.3) is 16.3 Å². The summed E-state index contributed by atoms with van der Waals surface area (Å²) in [7, 11) is 0. The molecular formula is C20H20N4O4S. The van der Waals surface area contributed by atoms with Crippen LogP contribution >= 0.6 is 11.3 Å². The molecule has 0 unspecified atom stereocenters. The first-order valence-corrected chi connectivity index (χ1v) is 9.75. The molecule has 150 valence electrons. The molecule has 0 aliphatic rings. The van der Waals surface area contributed by atoms with Gasteiger partial charge in [-0.15, -0.1) is 11.3 Å². The highest BCUT2D eigenvalue weighted by Gasteiger charge is 2.30. The quantitative estimate of drug-likeness (QED) is 0.604. The van der Waals surface area contributed by atoms with E-state index in [1.54, 1.807) is 24.7 Å². The number of benzene rings is 1. The zero-order chi connectivity index (χ0) is 21.0. The average molecular weight is 412 g/mol. The normalized spacial score (nSPS) is 11.8. The second-order valence-corrected chi connectivity index (χ2v) is 7.52. The Labute approximate surface area is 171 Å². The predicted octanol–water partition coefficient (Wildman–Crippen LogP) is 2.98. The molecule has 9 heteroatoms. The lowest BCUT2D eigenvalue weighted by molar-refractivity contribution is -0.130. The number of carbonyl (C=O) groups excluding carboxylic acids is 3. The fraction of sp³-hybridized carbons (Fsp3) is 0.200. The number of hydrogen-bond donors (Lipinski definition) is 2. The summed E-state index contributed by atoms with van der Waals surface area (Å²) in [5, 5.41) is 8.38. The fourth-order valence-corrected chi connectivity index (χ4v) is 3.42. The minimum absolute atomic E-state index is 0.217. The number of nitrogens with two attached hydrogens (primary N) is 1. The molecule has 2 heterocycles. The minimum Gasteiger partial charge on any atom is -0.448 e. The van der Waals surface area contributed by atoms with E-state index < -0.39 is 24.0 Å². The van der Waals surface area contributed by atoms with Crippen LogP contribution in [0.3, 0.4) is 0 Å². The first-order valence-electron chi connectivity index (χ1n) is 8.87. The highest BCUT2D eigenvalue weighted by Crippen LogP contribution is 2.29. The Morgan fingerprint density at radius 3 is 2.45 bits per heavy atom. The molecule has 3 amide bonds. The third-order valence-electron chi connectivity index (χ3n) is 4.05. The highest BCUT2D eigenvalue weighted by atomic mass is 32.1. The summed E-state index contributed by atoms with van der Waals surface area (Å²) in [5.74, 6) is -1.85. The van der Waals surface area contributed by atoms with Gasteiger partial charge in [-0.05, 0) is 29.5 Å². The van der Waals surface area contributed by atoms with E-state index in [0.29, 0.717) is 5.69 Å². The van der Waals surface area contributed by atoms with E-state index in [-0.39, 0.29) is 11.5 Å². The second kappa shape index (κ2) is 8.70. The summed E-state index contributed by atoms with van der Waals surface area (Å²) in [4.78, 5) is 36.9. The number of carbonyl (C=O) groups is 3. The summed E-state index contributed by atoms with van der Waals surface area (Å²) in [6.07, 6.45) is 0.391. The zero-order valence-electron chi connectivity index (χ0n) is 15.9. The molecule has 8 nitrogen and oxygen atoms in total. The molecule has 3 aromatic rings. The van der Waals surface area contributed by atoms with Gasteiger partial charge in [0.2, 0.25) is 0 Å². The maximum absolute atomic E-state index is 12.9. The largest absolute Gasteiger partial charge is 0.448 e. The van der Waals surface area contributed by atoms with Crippen molar-refractivity contribution in [2.24, 2.45) is 11.7 Å². The molecule has 0 radical (unpaired) electrons. The molecule has 0 fully saturated rings. The van der Waals surface area contributed by atoms with Crippen LogP contribution in [0.2, 0.25) is 0 Å². The van der Waals surface area contributed by atoms with E-state index in [4.69, 9.17) is 10.5 Å². The molecule has 0 bridgehead atoms. The Bertz CT molecular complexity index is 1010. The maximum Gasteiger partial charge on any atom is 0.342 e. The van der Waals surface area contributed by atoms with Crippen molar-refractivity contribution in [2.75, 3.05) is 0 Å². The molecule has 1 atom stereocenters. The van der Waals surface area contributed by atoms with Crippen molar-refractivity contribution in [3.05, 3.63) is 59.6 Å². The third kappa shape index (κ3) is 4.69. The third-order valence-corrected chi connectivity index (χ3v) is 4.93. The van der Waals surface area contributed by atoms with Crippen LogP contribution < -0.4 is 11.1 Å². The molecule has 0 spiro atoms. The molecular weight excluding hydrogens is 392 g/mol. The first kappa shape index (κ1) is 20.3. The van der Waals surface area contributed by atoms with Gasteiger partial charge >= 0.3 is 12.0 Å². The number of thiophene rings is 1. The van der Waals surface area contributed by atoms with Crippen molar-refractivity contribution in [3.8, 4) is 16.3 Å². The number of rotatable bonds is 6. The van der Waals surface area contributed by atoms with Crippen molar-refractivity contribution < 1.29 is 19.1 Å². The standard InChI is InChI=1S/C20H20N4O4S/c1-12(2)17(18(25)22-20(21)27)28-19(26)14-11-24(13-7-4-3-5-8-13)23-16(14)15-9-6-10-29-15/h3-12,17H,1-2H3,(H3,21,22,25,27)/t17-/m0/s1. The zero-order valence-corrected chi connectivity index (χ0v) is 16.7. The maximum atomic E-state index is 12.9. The Balaban J connectivity index is 1.95. The SMILES string of the molecule is CC(C)[C@H](OC(=O)c1cn(-c2ccccc2)nc1-c1cccs1)C(=O)NC(N)=O. The van der Waals surface area contributed by atoms with Gasteiger partial charge in [-0.2, -0.15) is 5.10 Å². The number of nitrogens with one attached hydrogen (secondary N) is 1. The lowest BCUT2D eigenvalue weighted by Gasteiger charge is -2.19. The number of aromatic nitrogens is 2. The van der Waals surface area contributed by atoms with Crippen molar-refractivity contribution in [1.82, 2.24) is 15.1 Å². The molecule has 0 aliphatic heterocycles. The van der Waals surface area contributed by atoms with Gasteiger partial charge in [-0.25, -0.2) is 14.3 Å². The number of imide groups is 1. The number of urea groups is 1. The number of ether oxygens (including phenoxy) is 1. The van der Waals surface area contributed by atoms with E-state index in [9.17, 15) is 14.4 Å². The smallest absolute Gasteiger partial charge is 0.342 e. The van der Waals surface area contributed by atoms with Crippen LogP contribution in [-0.4, -0.2) is 33.8 Å². The van der Waals surface area contributed by atoms with Crippen LogP contribution in [0.5, 0.6) is 0 Å². The van der Waals surface area contributed by atoms with Gasteiger partial charge in [0.15, 0.2) is 6.10 Å². The fourth-order valence-electron chi connectivity index (χ4n) is 2.70. The van der Waals surface area contributed by atoms with Crippen LogP contribution in [0.15, 0.2) is 54.0 Å². The average Bonchev–Trinajstić information content (AvgIpc) is 3.35. The van der Waals surface area contributed by atoms with E-state index in [2.05, 4.69) is 5.10 Å². The number of nitrogens with zero attached hydrogens (tertiary/aromatic N) is 2. The van der Waals surface area contributed by atoms with Gasteiger partial charge in [0.05, 0.1) is 10.6 Å². The van der Waals surface area contributed by atoms with Gasteiger partial charge in [-0.1, -0.05) is 38.1 Å². The van der Waals surface area contributed by atoms with Gasteiger partial charge in [0.25, 0.3) is 5.91 Å². The second-order valence-electron chi connectivity index (χ2n) is 6.57. The Kier molecular flexibility index (Phi) is 6.08. The summed E-state index contributed by atoms with van der Waals surface area (Å²) >= 11 is 1.43. The Morgan fingerprint density at radius 1 is 1.14 bits per heavy atom. The molecule has 0 saturated heterocycles. The summed E-state index contributed by atoms with van der Waals surface area (Å²) in [5.41, 5.74) is 6.45. The topological polar surface area (TPSA) is 116 Å². The van der Waals surface area contributed by atoms with Crippen LogP contribution in [0, 0.1) is 5.92 Å². The molecule has 3 N–H and O–H groups in total. The van der Waals surface area contributed by atoms with Gasteiger partial charge < -0.3 is 10.5 Å². The van der Waals surface area contributed by atoms with Gasteiger partial charge in [0.1, 0.15) is 11.3 Å². The lowest BCUT2D eigenvalue weighted by atomic mass is 10.1. The predicted molar refractivity (Wildman–Crippen MR) is 109 cm³/mol. The van der Waals surface area contributed by atoms with Crippen LogP contribution in [-0.2, 0) is 9.53 Å². The van der Waals surface area contributed by atoms with Crippen molar-refractivity contribution in [3.63, 3.8) is 0 Å².